The van der Waals surface area contributed by atoms with Crippen molar-refractivity contribution in [1.82, 2.24) is 10.2 Å². The molecular weight excluding hydrogens is 658 g/mol. The minimum absolute atomic E-state index is 0.0433. The number of hydrogen-bond acceptors (Lipinski definition) is 8. The lowest BCUT2D eigenvalue weighted by molar-refractivity contribution is -0.140. The average molecular weight is 704 g/mol. The van der Waals surface area contributed by atoms with Crippen LogP contribution < -0.4 is 28.6 Å². The SMILES string of the molecule is COc1ccc(OC)c(N(CC(=O)N(Cc2ccc(C)cc2)C(Cc2ccccc2)C(=O)NC(C)C)S(=O)(=O)c2ccc(OC)c(OC)c2)c1. The number of nitrogens with one attached hydrogen (secondary N) is 1. The van der Waals surface area contributed by atoms with Crippen LogP contribution in [0.2, 0.25) is 0 Å². The van der Waals surface area contributed by atoms with Gasteiger partial charge in [0.25, 0.3) is 10.0 Å². The molecule has 0 radical (unpaired) electrons. The molecule has 0 heterocycles. The summed E-state index contributed by atoms with van der Waals surface area (Å²) in [5, 5.41) is 2.96. The van der Waals surface area contributed by atoms with E-state index in [1.54, 1.807) is 12.1 Å². The van der Waals surface area contributed by atoms with Crippen molar-refractivity contribution in [3.8, 4) is 23.0 Å². The molecule has 1 N–H and O–H groups in total. The molecular formula is C38H45N3O8S. The van der Waals surface area contributed by atoms with E-state index in [9.17, 15) is 18.0 Å². The molecule has 12 heteroatoms. The highest BCUT2D eigenvalue weighted by Gasteiger charge is 2.36. The molecule has 1 unspecified atom stereocenters. The van der Waals surface area contributed by atoms with Gasteiger partial charge in [-0.2, -0.15) is 0 Å². The van der Waals surface area contributed by atoms with Crippen LogP contribution in [0.4, 0.5) is 5.69 Å². The Morgan fingerprint density at radius 2 is 1.38 bits per heavy atom. The molecule has 0 aromatic heterocycles. The fourth-order valence-electron chi connectivity index (χ4n) is 5.43. The Balaban J connectivity index is 1.90. The molecule has 0 saturated heterocycles. The normalized spacial score (nSPS) is 11.8. The maximum absolute atomic E-state index is 14.8. The second-order valence-electron chi connectivity index (χ2n) is 11.9. The van der Waals surface area contributed by atoms with Crippen molar-refractivity contribution in [3.63, 3.8) is 0 Å². The molecule has 2 amide bonds. The van der Waals surface area contributed by atoms with Crippen LogP contribution in [0.1, 0.15) is 30.5 Å². The van der Waals surface area contributed by atoms with Gasteiger partial charge in [-0.15, -0.1) is 0 Å². The van der Waals surface area contributed by atoms with E-state index in [0.717, 1.165) is 21.0 Å². The van der Waals surface area contributed by atoms with Gasteiger partial charge >= 0.3 is 0 Å². The number of sulfonamides is 1. The average Bonchev–Trinajstić information content (AvgIpc) is 3.12. The van der Waals surface area contributed by atoms with Crippen molar-refractivity contribution < 1.29 is 37.0 Å². The first-order valence-corrected chi connectivity index (χ1v) is 17.5. The number of anilines is 1. The number of rotatable bonds is 16. The van der Waals surface area contributed by atoms with E-state index in [1.165, 1.54) is 57.6 Å². The van der Waals surface area contributed by atoms with Gasteiger partial charge in [0, 0.05) is 31.1 Å². The molecule has 4 rings (SSSR count). The summed E-state index contributed by atoms with van der Waals surface area (Å²) in [6.07, 6.45) is 0.196. The number of carbonyl (C=O) groups is 2. The second-order valence-corrected chi connectivity index (χ2v) is 13.8. The van der Waals surface area contributed by atoms with Crippen molar-refractivity contribution in [1.29, 1.82) is 0 Å². The Morgan fingerprint density at radius 3 is 1.98 bits per heavy atom. The maximum Gasteiger partial charge on any atom is 0.265 e. The van der Waals surface area contributed by atoms with Crippen LogP contribution >= 0.6 is 0 Å². The molecule has 0 aliphatic heterocycles. The lowest BCUT2D eigenvalue weighted by atomic mass is 10.0. The van der Waals surface area contributed by atoms with Gasteiger partial charge in [-0.25, -0.2) is 8.42 Å². The number of amides is 2. The fourth-order valence-corrected chi connectivity index (χ4v) is 6.87. The van der Waals surface area contributed by atoms with E-state index in [2.05, 4.69) is 5.32 Å². The second kappa shape index (κ2) is 16.9. The zero-order valence-corrected chi connectivity index (χ0v) is 30.3. The van der Waals surface area contributed by atoms with E-state index >= 15 is 0 Å². The third kappa shape index (κ3) is 9.06. The van der Waals surface area contributed by atoms with Crippen LogP contribution in [0.5, 0.6) is 23.0 Å². The van der Waals surface area contributed by atoms with E-state index < -0.39 is 28.5 Å². The van der Waals surface area contributed by atoms with E-state index in [-0.39, 0.29) is 47.0 Å². The molecule has 1 atom stereocenters. The fraction of sp³-hybridized carbons (Fsp3) is 0.316. The number of methoxy groups -OCH3 is 4. The van der Waals surface area contributed by atoms with Gasteiger partial charge in [-0.3, -0.25) is 13.9 Å². The van der Waals surface area contributed by atoms with Crippen molar-refractivity contribution in [2.75, 3.05) is 39.3 Å². The third-order valence-corrected chi connectivity index (χ3v) is 9.81. The Labute approximate surface area is 294 Å². The van der Waals surface area contributed by atoms with Gasteiger partial charge < -0.3 is 29.2 Å². The van der Waals surface area contributed by atoms with E-state index in [4.69, 9.17) is 18.9 Å². The first-order chi connectivity index (χ1) is 23.9. The first-order valence-electron chi connectivity index (χ1n) is 16.1. The number of benzene rings is 4. The summed E-state index contributed by atoms with van der Waals surface area (Å²) >= 11 is 0. The van der Waals surface area contributed by atoms with Crippen LogP contribution in [-0.2, 0) is 32.6 Å². The summed E-state index contributed by atoms with van der Waals surface area (Å²) in [5.41, 5.74) is 2.70. The van der Waals surface area contributed by atoms with Crippen LogP contribution in [0.25, 0.3) is 0 Å². The summed E-state index contributed by atoms with van der Waals surface area (Å²) in [4.78, 5) is 30.0. The Bertz CT molecular complexity index is 1870. The molecule has 0 aliphatic rings. The molecule has 4 aromatic rings. The minimum Gasteiger partial charge on any atom is -0.497 e. The molecule has 11 nitrogen and oxygen atoms in total. The lowest BCUT2D eigenvalue weighted by Crippen LogP contribution is -2.54. The molecule has 0 fully saturated rings. The highest BCUT2D eigenvalue weighted by Crippen LogP contribution is 2.38. The van der Waals surface area contributed by atoms with Crippen LogP contribution in [-0.4, -0.2) is 72.2 Å². The number of hydrogen-bond donors (Lipinski definition) is 1. The minimum atomic E-state index is -4.49. The van der Waals surface area contributed by atoms with Gasteiger partial charge in [0.15, 0.2) is 11.5 Å². The number of nitrogens with zero attached hydrogens (tertiary/aromatic N) is 2. The number of ether oxygens (including phenoxy) is 4. The quantitative estimate of drug-likeness (QED) is 0.165. The van der Waals surface area contributed by atoms with Gasteiger partial charge in [0.1, 0.15) is 24.1 Å². The van der Waals surface area contributed by atoms with Gasteiger partial charge in [0.05, 0.1) is 39.0 Å². The van der Waals surface area contributed by atoms with Crippen LogP contribution in [0.3, 0.4) is 0 Å². The molecule has 0 aliphatic carbocycles. The first kappa shape index (κ1) is 37.6. The summed E-state index contributed by atoms with van der Waals surface area (Å²) in [7, 11) is 1.22. The summed E-state index contributed by atoms with van der Waals surface area (Å²) in [6, 6.07) is 24.7. The lowest BCUT2D eigenvalue weighted by Gasteiger charge is -2.34. The maximum atomic E-state index is 14.8. The highest BCUT2D eigenvalue weighted by molar-refractivity contribution is 7.92. The van der Waals surface area contributed by atoms with Crippen LogP contribution in [0.15, 0.2) is 95.9 Å². The van der Waals surface area contributed by atoms with Crippen LogP contribution in [0, 0.1) is 6.92 Å². The van der Waals surface area contributed by atoms with Crippen molar-refractivity contribution in [3.05, 3.63) is 108 Å². The van der Waals surface area contributed by atoms with E-state index in [1.807, 2.05) is 75.4 Å². The molecule has 4 aromatic carbocycles. The zero-order valence-electron chi connectivity index (χ0n) is 29.5. The molecule has 0 saturated carbocycles. The predicted molar refractivity (Wildman–Crippen MR) is 193 cm³/mol. The van der Waals surface area contributed by atoms with Gasteiger partial charge in [0.2, 0.25) is 11.8 Å². The molecule has 266 valence electrons. The summed E-state index contributed by atoms with van der Waals surface area (Å²) in [6.45, 7) is 5.01. The van der Waals surface area contributed by atoms with Gasteiger partial charge in [-0.05, 0) is 56.2 Å². The van der Waals surface area contributed by atoms with Crippen molar-refractivity contribution in [2.45, 2.75) is 50.7 Å². The Morgan fingerprint density at radius 1 is 0.740 bits per heavy atom. The highest BCUT2D eigenvalue weighted by atomic mass is 32.2. The third-order valence-electron chi connectivity index (χ3n) is 8.05. The summed E-state index contributed by atoms with van der Waals surface area (Å²) < 4.78 is 52.0. The monoisotopic (exact) mass is 703 g/mol. The zero-order chi connectivity index (χ0) is 36.4. The Hall–Kier alpha value is -5.23. The summed E-state index contributed by atoms with van der Waals surface area (Å²) in [5.74, 6) is 0.0718. The largest absolute Gasteiger partial charge is 0.497 e. The standard InChI is InChI=1S/C38H45N3O8S/c1-26(2)39-38(43)33(21-28-11-9-8-10-12-28)40(24-29-15-13-27(3)14-16-29)37(42)25-41(32-22-30(46-4)17-19-34(32)47-5)50(44,45)31-18-20-35(48-6)36(23-31)49-7/h8-20,22-23,26,33H,21,24-25H2,1-7H3,(H,39,43). The molecule has 50 heavy (non-hydrogen) atoms. The molecule has 0 spiro atoms. The number of aryl methyl sites for hydroxylation is 1. The van der Waals surface area contributed by atoms with Gasteiger partial charge in [-0.1, -0.05) is 60.2 Å². The van der Waals surface area contributed by atoms with Crippen molar-refractivity contribution in [2.24, 2.45) is 0 Å². The van der Waals surface area contributed by atoms with Crippen molar-refractivity contribution >= 4 is 27.5 Å². The molecule has 0 bridgehead atoms. The smallest absolute Gasteiger partial charge is 0.265 e. The predicted octanol–water partition coefficient (Wildman–Crippen LogP) is 5.39. The Kier molecular flexibility index (Phi) is 12.7. The topological polar surface area (TPSA) is 124 Å². The van der Waals surface area contributed by atoms with E-state index in [0.29, 0.717) is 11.5 Å². The number of carbonyl (C=O) groups excluding carboxylic acids is 2.